The van der Waals surface area contributed by atoms with Gasteiger partial charge in [-0.3, -0.25) is 25.2 Å². The number of hydrogen-bond acceptors (Lipinski definition) is 3. The highest BCUT2D eigenvalue weighted by Gasteiger charge is 2.14. The van der Waals surface area contributed by atoms with Crippen molar-refractivity contribution in [2.24, 2.45) is 0 Å². The van der Waals surface area contributed by atoms with Gasteiger partial charge in [0.25, 0.3) is 5.91 Å². The van der Waals surface area contributed by atoms with E-state index in [0.29, 0.717) is 5.56 Å². The molecule has 0 heterocycles. The van der Waals surface area contributed by atoms with Crippen LogP contribution in [0.1, 0.15) is 19.4 Å². The van der Waals surface area contributed by atoms with Crippen molar-refractivity contribution in [3.8, 4) is 0 Å². The second-order valence-corrected chi connectivity index (χ2v) is 4.46. The third-order valence-electron chi connectivity index (χ3n) is 2.22. The number of rotatable bonds is 3. The fourth-order valence-electron chi connectivity index (χ4n) is 1.29. The molecule has 0 bridgehead atoms. The van der Waals surface area contributed by atoms with E-state index >= 15 is 0 Å². The van der Waals surface area contributed by atoms with Crippen LogP contribution in [0, 0.1) is 5.82 Å². The average molecular weight is 293 g/mol. The Kier molecular flexibility index (Phi) is 6.06. The number of nitrogens with one attached hydrogen (secondary N) is 3. The number of halogens is 1. The van der Waals surface area contributed by atoms with Crippen molar-refractivity contribution < 1.29 is 18.8 Å². The van der Waals surface area contributed by atoms with E-state index < -0.39 is 17.7 Å². The molecule has 0 aliphatic carbocycles. The van der Waals surface area contributed by atoms with Gasteiger partial charge in [0, 0.05) is 12.1 Å². The summed E-state index contributed by atoms with van der Waals surface area (Å²) in [6, 6.07) is 5.32. The van der Waals surface area contributed by atoms with Crippen molar-refractivity contribution in [3.05, 3.63) is 41.7 Å². The van der Waals surface area contributed by atoms with E-state index in [1.165, 1.54) is 30.3 Å². The molecule has 0 aliphatic rings. The molecule has 7 heteroatoms. The van der Waals surface area contributed by atoms with Gasteiger partial charge < -0.3 is 5.32 Å². The first-order valence-electron chi connectivity index (χ1n) is 6.23. The van der Waals surface area contributed by atoms with E-state index in [0.717, 1.165) is 6.08 Å². The van der Waals surface area contributed by atoms with E-state index in [-0.39, 0.29) is 11.9 Å². The SMILES string of the molecule is CC(C)NC(=O)C(=O)NNC(=O)/C=C/c1ccc(F)cc1. The molecular weight excluding hydrogens is 277 g/mol. The maximum absolute atomic E-state index is 12.7. The summed E-state index contributed by atoms with van der Waals surface area (Å²) in [6.07, 6.45) is 2.59. The van der Waals surface area contributed by atoms with Crippen LogP contribution in [0.2, 0.25) is 0 Å². The smallest absolute Gasteiger partial charge is 0.327 e. The fourth-order valence-corrected chi connectivity index (χ4v) is 1.29. The molecule has 0 unspecified atom stereocenters. The predicted octanol–water partition coefficient (Wildman–Crippen LogP) is 0.511. The Bertz CT molecular complexity index is 553. The minimum Gasteiger partial charge on any atom is -0.346 e. The first kappa shape index (κ1) is 16.4. The van der Waals surface area contributed by atoms with Gasteiger partial charge in [-0.1, -0.05) is 12.1 Å². The van der Waals surface area contributed by atoms with Gasteiger partial charge in [0.1, 0.15) is 5.82 Å². The zero-order valence-corrected chi connectivity index (χ0v) is 11.6. The quantitative estimate of drug-likeness (QED) is 0.431. The Morgan fingerprint density at radius 1 is 1.05 bits per heavy atom. The van der Waals surface area contributed by atoms with Crippen molar-refractivity contribution in [2.45, 2.75) is 19.9 Å². The Morgan fingerprint density at radius 3 is 2.24 bits per heavy atom. The fraction of sp³-hybridized carbons (Fsp3) is 0.214. The normalized spacial score (nSPS) is 10.5. The molecule has 112 valence electrons. The minimum absolute atomic E-state index is 0.183. The summed E-state index contributed by atoms with van der Waals surface area (Å²) >= 11 is 0. The van der Waals surface area contributed by atoms with Crippen LogP contribution in [-0.2, 0) is 14.4 Å². The Labute approximate surface area is 121 Å². The summed E-state index contributed by atoms with van der Waals surface area (Å²) in [7, 11) is 0. The van der Waals surface area contributed by atoms with Gasteiger partial charge in [0.05, 0.1) is 0 Å². The predicted molar refractivity (Wildman–Crippen MR) is 75.0 cm³/mol. The summed E-state index contributed by atoms with van der Waals surface area (Å²) in [5.74, 6) is -2.80. The van der Waals surface area contributed by atoms with E-state index in [2.05, 4.69) is 10.7 Å². The first-order valence-corrected chi connectivity index (χ1v) is 6.23. The number of benzene rings is 1. The second kappa shape index (κ2) is 7.78. The molecule has 3 amide bonds. The molecule has 21 heavy (non-hydrogen) atoms. The molecule has 0 spiro atoms. The molecule has 1 rings (SSSR count). The van der Waals surface area contributed by atoms with Gasteiger partial charge in [0.2, 0.25) is 0 Å². The maximum Gasteiger partial charge on any atom is 0.327 e. The van der Waals surface area contributed by atoms with Crippen LogP contribution >= 0.6 is 0 Å². The topological polar surface area (TPSA) is 87.3 Å². The largest absolute Gasteiger partial charge is 0.346 e. The van der Waals surface area contributed by atoms with Crippen LogP contribution in [0.3, 0.4) is 0 Å². The van der Waals surface area contributed by atoms with Crippen LogP contribution < -0.4 is 16.2 Å². The molecule has 0 aliphatic heterocycles. The summed E-state index contributed by atoms with van der Waals surface area (Å²) in [4.78, 5) is 34.0. The molecule has 1 aromatic rings. The summed E-state index contributed by atoms with van der Waals surface area (Å²) in [6.45, 7) is 3.41. The molecular formula is C14H16FN3O3. The number of amides is 3. The third kappa shape index (κ3) is 6.33. The van der Waals surface area contributed by atoms with Gasteiger partial charge in [-0.15, -0.1) is 0 Å². The lowest BCUT2D eigenvalue weighted by Gasteiger charge is -2.08. The number of hydrazine groups is 1. The molecule has 1 aromatic carbocycles. The van der Waals surface area contributed by atoms with E-state index in [9.17, 15) is 18.8 Å². The summed E-state index contributed by atoms with van der Waals surface area (Å²) < 4.78 is 12.7. The third-order valence-corrected chi connectivity index (χ3v) is 2.22. The Morgan fingerprint density at radius 2 is 1.67 bits per heavy atom. The minimum atomic E-state index is -0.966. The maximum atomic E-state index is 12.7. The Hall–Kier alpha value is -2.70. The number of hydrogen-bond donors (Lipinski definition) is 3. The summed E-state index contributed by atoms with van der Waals surface area (Å²) in [5.41, 5.74) is 4.65. The van der Waals surface area contributed by atoms with Crippen molar-refractivity contribution in [3.63, 3.8) is 0 Å². The van der Waals surface area contributed by atoms with Crippen LogP contribution in [0.15, 0.2) is 30.3 Å². The van der Waals surface area contributed by atoms with E-state index in [1.807, 2.05) is 5.43 Å². The van der Waals surface area contributed by atoms with Gasteiger partial charge in [-0.2, -0.15) is 0 Å². The molecule has 0 aromatic heterocycles. The Balaban J connectivity index is 2.42. The lowest BCUT2D eigenvalue weighted by molar-refractivity contribution is -0.140. The van der Waals surface area contributed by atoms with Gasteiger partial charge in [-0.25, -0.2) is 4.39 Å². The van der Waals surface area contributed by atoms with Crippen LogP contribution in [0.25, 0.3) is 6.08 Å². The number of carbonyl (C=O) groups is 3. The standard InChI is InChI=1S/C14H16FN3O3/c1-9(2)16-13(20)14(21)18-17-12(19)8-5-10-3-6-11(15)7-4-10/h3-9H,1-2H3,(H,16,20)(H,17,19)(H,18,21)/b8-5+. The van der Waals surface area contributed by atoms with Crippen molar-refractivity contribution >= 4 is 23.8 Å². The van der Waals surface area contributed by atoms with Crippen LogP contribution in [-0.4, -0.2) is 23.8 Å². The van der Waals surface area contributed by atoms with Crippen molar-refractivity contribution in [1.29, 1.82) is 0 Å². The molecule has 0 atom stereocenters. The molecule has 0 saturated carbocycles. The lowest BCUT2D eigenvalue weighted by atomic mass is 10.2. The molecule has 0 fully saturated rings. The van der Waals surface area contributed by atoms with Gasteiger partial charge in [-0.05, 0) is 37.6 Å². The summed E-state index contributed by atoms with van der Waals surface area (Å²) in [5, 5.41) is 2.37. The highest BCUT2D eigenvalue weighted by molar-refractivity contribution is 6.35. The lowest BCUT2D eigenvalue weighted by Crippen LogP contribution is -2.49. The van der Waals surface area contributed by atoms with E-state index in [1.54, 1.807) is 13.8 Å². The van der Waals surface area contributed by atoms with E-state index in [4.69, 9.17) is 0 Å². The molecule has 0 saturated heterocycles. The second-order valence-electron chi connectivity index (χ2n) is 4.46. The van der Waals surface area contributed by atoms with Crippen molar-refractivity contribution in [2.75, 3.05) is 0 Å². The molecule has 3 N–H and O–H groups in total. The van der Waals surface area contributed by atoms with Crippen molar-refractivity contribution in [1.82, 2.24) is 16.2 Å². The van der Waals surface area contributed by atoms with Gasteiger partial charge >= 0.3 is 11.8 Å². The molecule has 6 nitrogen and oxygen atoms in total. The molecule has 0 radical (unpaired) electrons. The highest BCUT2D eigenvalue weighted by Crippen LogP contribution is 2.04. The highest BCUT2D eigenvalue weighted by atomic mass is 19.1. The van der Waals surface area contributed by atoms with Crippen LogP contribution in [0.5, 0.6) is 0 Å². The number of carbonyl (C=O) groups excluding carboxylic acids is 3. The first-order chi connectivity index (χ1) is 9.88. The zero-order chi connectivity index (χ0) is 15.8. The monoisotopic (exact) mass is 293 g/mol. The average Bonchev–Trinajstić information content (AvgIpc) is 2.43. The van der Waals surface area contributed by atoms with Gasteiger partial charge in [0.15, 0.2) is 0 Å². The zero-order valence-electron chi connectivity index (χ0n) is 11.6. The van der Waals surface area contributed by atoms with Crippen LogP contribution in [0.4, 0.5) is 4.39 Å².